The van der Waals surface area contributed by atoms with Crippen molar-refractivity contribution in [1.82, 2.24) is 0 Å². The molecular weight excluding hydrogens is 356 g/mol. The summed E-state index contributed by atoms with van der Waals surface area (Å²) in [4.78, 5) is 0.182. The van der Waals surface area contributed by atoms with Gasteiger partial charge < -0.3 is 14.6 Å². The molecule has 6 nitrogen and oxygen atoms in total. The van der Waals surface area contributed by atoms with Crippen LogP contribution in [0.15, 0.2) is 29.2 Å². The van der Waals surface area contributed by atoms with Crippen molar-refractivity contribution in [3.05, 3.63) is 29.8 Å². The molecule has 0 saturated carbocycles. The highest BCUT2D eigenvalue weighted by Crippen LogP contribution is 2.12. The van der Waals surface area contributed by atoms with Crippen molar-refractivity contribution in [2.45, 2.75) is 51.3 Å². The summed E-state index contributed by atoms with van der Waals surface area (Å²) in [6, 6.07) is 6.58. The van der Waals surface area contributed by atoms with Crippen molar-refractivity contribution >= 4 is 10.1 Å². The van der Waals surface area contributed by atoms with E-state index in [1.54, 1.807) is 24.3 Å². The van der Waals surface area contributed by atoms with Crippen molar-refractivity contribution in [3.8, 4) is 0 Å². The van der Waals surface area contributed by atoms with E-state index >= 15 is 0 Å². The number of rotatable bonds is 13. The first-order valence-corrected chi connectivity index (χ1v) is 10.6. The van der Waals surface area contributed by atoms with Crippen LogP contribution in [-0.4, -0.2) is 53.2 Å². The molecule has 0 fully saturated rings. The quantitative estimate of drug-likeness (QED) is 0.411. The van der Waals surface area contributed by atoms with Crippen LogP contribution in [0, 0.1) is 6.92 Å². The largest absolute Gasteiger partial charge is 0.394 e. The van der Waals surface area contributed by atoms with Crippen molar-refractivity contribution < 1.29 is 27.2 Å². The fourth-order valence-corrected chi connectivity index (χ4v) is 2.63. The molecule has 1 aromatic carbocycles. The molecule has 0 aliphatic rings. The number of hydrogen-bond donors (Lipinski definition) is 1. The average Bonchev–Trinajstić information content (AvgIpc) is 2.63. The molecule has 0 unspecified atom stereocenters. The summed E-state index contributed by atoms with van der Waals surface area (Å²) in [5.41, 5.74) is 1.01. The zero-order chi connectivity index (χ0) is 19.7. The highest BCUT2D eigenvalue weighted by molar-refractivity contribution is 7.86. The molecule has 152 valence electrons. The lowest BCUT2D eigenvalue weighted by Crippen LogP contribution is -2.12. The molecule has 0 saturated heterocycles. The maximum Gasteiger partial charge on any atom is 0.297 e. The number of unbranched alkanes of at least 4 members (excludes halogenated alkanes) is 2. The highest BCUT2D eigenvalue weighted by Gasteiger charge is 2.14. The lowest BCUT2D eigenvalue weighted by molar-refractivity contribution is 0.0904. The minimum absolute atomic E-state index is 0.0555. The van der Waals surface area contributed by atoms with Crippen molar-refractivity contribution in [2.24, 2.45) is 0 Å². The Bertz CT molecular complexity index is 521. The van der Waals surface area contributed by atoms with E-state index < -0.39 is 10.1 Å². The van der Waals surface area contributed by atoms with Gasteiger partial charge in [-0.3, -0.25) is 4.18 Å². The normalized spacial score (nSPS) is 11.1. The maximum absolute atomic E-state index is 11.8. The van der Waals surface area contributed by atoms with E-state index in [2.05, 4.69) is 13.8 Å². The van der Waals surface area contributed by atoms with Crippen LogP contribution in [0.1, 0.15) is 45.1 Å². The first-order chi connectivity index (χ1) is 12.5. The van der Waals surface area contributed by atoms with Crippen LogP contribution in [0.5, 0.6) is 0 Å². The van der Waals surface area contributed by atoms with Crippen LogP contribution in [0.3, 0.4) is 0 Å². The van der Waals surface area contributed by atoms with E-state index in [0.29, 0.717) is 19.8 Å². The van der Waals surface area contributed by atoms with Crippen molar-refractivity contribution in [3.63, 3.8) is 0 Å². The minimum Gasteiger partial charge on any atom is -0.394 e. The third kappa shape index (κ3) is 13.2. The van der Waals surface area contributed by atoms with Crippen molar-refractivity contribution in [1.29, 1.82) is 0 Å². The number of benzene rings is 1. The van der Waals surface area contributed by atoms with Crippen LogP contribution in [-0.2, 0) is 23.8 Å². The van der Waals surface area contributed by atoms with Crippen LogP contribution >= 0.6 is 0 Å². The predicted molar refractivity (Wildman–Crippen MR) is 103 cm³/mol. The van der Waals surface area contributed by atoms with Gasteiger partial charge in [-0.25, -0.2) is 0 Å². The van der Waals surface area contributed by atoms with Gasteiger partial charge in [0.25, 0.3) is 10.1 Å². The Morgan fingerprint density at radius 2 is 1.38 bits per heavy atom. The van der Waals surface area contributed by atoms with Gasteiger partial charge in [0.2, 0.25) is 0 Å². The molecule has 0 aliphatic carbocycles. The number of aliphatic hydroxyl groups excluding tert-OH is 1. The first kappa shape index (κ1) is 25.0. The molecule has 1 aromatic rings. The fourth-order valence-electron chi connectivity index (χ4n) is 1.74. The van der Waals surface area contributed by atoms with Crippen LogP contribution in [0.2, 0.25) is 0 Å². The average molecular weight is 391 g/mol. The van der Waals surface area contributed by atoms with Gasteiger partial charge in [0.05, 0.1) is 31.3 Å². The standard InChI is InChI=1S/C13H20O4S.C6H14O2/c1-3-4-9-16-10-11-17-18(14,15)13-7-5-12(2)6-8-13;1-2-3-5-8-6-4-7/h5-8H,3-4,9-11H2,1-2H3;7H,2-6H2,1H3. The second-order valence-electron chi connectivity index (χ2n) is 5.74. The summed E-state index contributed by atoms with van der Waals surface area (Å²) >= 11 is 0. The number of hydrogen-bond acceptors (Lipinski definition) is 6. The van der Waals surface area contributed by atoms with Gasteiger partial charge in [0.15, 0.2) is 0 Å². The lowest BCUT2D eigenvalue weighted by Gasteiger charge is -2.06. The molecule has 0 aromatic heterocycles. The van der Waals surface area contributed by atoms with Gasteiger partial charge in [-0.1, -0.05) is 44.4 Å². The molecule has 1 rings (SSSR count). The lowest BCUT2D eigenvalue weighted by atomic mass is 10.2. The Kier molecular flexibility index (Phi) is 15.6. The third-order valence-electron chi connectivity index (χ3n) is 3.30. The third-order valence-corrected chi connectivity index (χ3v) is 4.62. The van der Waals surface area contributed by atoms with E-state index in [-0.39, 0.29) is 18.1 Å². The molecule has 0 heterocycles. The molecule has 7 heteroatoms. The molecule has 0 atom stereocenters. The van der Waals surface area contributed by atoms with Gasteiger partial charge >= 0.3 is 0 Å². The van der Waals surface area contributed by atoms with Crippen LogP contribution in [0.25, 0.3) is 0 Å². The Balaban J connectivity index is 0.000000660. The van der Waals surface area contributed by atoms with Crippen LogP contribution in [0.4, 0.5) is 0 Å². The summed E-state index contributed by atoms with van der Waals surface area (Å²) in [6.45, 7) is 8.50. The summed E-state index contributed by atoms with van der Waals surface area (Å²) in [6.07, 6.45) is 4.29. The molecular formula is C19H34O6S. The van der Waals surface area contributed by atoms with E-state index in [0.717, 1.165) is 37.9 Å². The Morgan fingerprint density at radius 1 is 0.846 bits per heavy atom. The van der Waals surface area contributed by atoms with E-state index in [4.69, 9.17) is 18.8 Å². The maximum atomic E-state index is 11.8. The topological polar surface area (TPSA) is 82.1 Å². The molecule has 26 heavy (non-hydrogen) atoms. The Morgan fingerprint density at radius 3 is 1.88 bits per heavy atom. The predicted octanol–water partition coefficient (Wildman–Crippen LogP) is 3.31. The Labute approximate surface area is 158 Å². The summed E-state index contributed by atoms with van der Waals surface area (Å²) in [5, 5.41) is 8.24. The van der Waals surface area contributed by atoms with Gasteiger partial charge in [-0.05, 0) is 31.9 Å². The van der Waals surface area contributed by atoms with E-state index in [1.807, 2.05) is 6.92 Å². The molecule has 0 radical (unpaired) electrons. The van der Waals surface area contributed by atoms with E-state index in [1.165, 1.54) is 0 Å². The molecule has 1 N–H and O–H groups in total. The SMILES string of the molecule is CCCCOCCO.CCCCOCCOS(=O)(=O)c1ccc(C)cc1. The van der Waals surface area contributed by atoms with Gasteiger partial charge in [-0.2, -0.15) is 8.42 Å². The van der Waals surface area contributed by atoms with Crippen molar-refractivity contribution in [2.75, 3.05) is 39.6 Å². The molecule has 0 bridgehead atoms. The fraction of sp³-hybridized carbons (Fsp3) is 0.684. The monoisotopic (exact) mass is 390 g/mol. The second kappa shape index (κ2) is 16.2. The highest BCUT2D eigenvalue weighted by atomic mass is 32.2. The summed E-state index contributed by atoms with van der Waals surface area (Å²) < 4.78 is 38.6. The summed E-state index contributed by atoms with van der Waals surface area (Å²) in [5.74, 6) is 0. The second-order valence-corrected chi connectivity index (χ2v) is 7.36. The smallest absolute Gasteiger partial charge is 0.297 e. The Hall–Kier alpha value is -0.990. The molecule has 0 amide bonds. The van der Waals surface area contributed by atoms with E-state index in [9.17, 15) is 8.42 Å². The number of aryl methyl sites for hydroxylation is 1. The molecule has 0 aliphatic heterocycles. The van der Waals surface area contributed by atoms with Gasteiger partial charge in [-0.15, -0.1) is 0 Å². The number of aliphatic hydroxyl groups is 1. The summed E-state index contributed by atoms with van der Waals surface area (Å²) in [7, 11) is -3.65. The first-order valence-electron chi connectivity index (χ1n) is 9.20. The molecule has 0 spiro atoms. The number of ether oxygens (including phenoxy) is 2. The minimum atomic E-state index is -3.65. The van der Waals surface area contributed by atoms with Crippen LogP contribution < -0.4 is 0 Å². The zero-order valence-corrected chi connectivity index (χ0v) is 17.1. The van der Waals surface area contributed by atoms with Gasteiger partial charge in [0.1, 0.15) is 0 Å². The van der Waals surface area contributed by atoms with Gasteiger partial charge in [0, 0.05) is 13.2 Å². The zero-order valence-electron chi connectivity index (χ0n) is 16.3.